The predicted octanol–water partition coefficient (Wildman–Crippen LogP) is 0.0710. The summed E-state index contributed by atoms with van der Waals surface area (Å²) in [7, 11) is 0. The average molecular weight is 141 g/mol. The molecule has 0 aromatic carbocycles. The van der Waals surface area contributed by atoms with Crippen molar-refractivity contribution in [1.82, 2.24) is 5.48 Å². The fourth-order valence-corrected chi connectivity index (χ4v) is 1.14. The zero-order chi connectivity index (χ0) is 6.81. The van der Waals surface area contributed by atoms with E-state index < -0.39 is 0 Å². The lowest BCUT2D eigenvalue weighted by Gasteiger charge is -2.00. The summed E-state index contributed by atoms with van der Waals surface area (Å²) in [6.07, 6.45) is 1.87. The average Bonchev–Trinajstić information content (AvgIpc) is 2.59. The van der Waals surface area contributed by atoms with E-state index in [1.54, 1.807) is 0 Å². The van der Waals surface area contributed by atoms with Crippen LogP contribution in [-0.2, 0) is 9.68 Å². The molecule has 1 radical (unpaired) electrons. The van der Waals surface area contributed by atoms with E-state index in [-0.39, 0.29) is 6.04 Å². The van der Waals surface area contributed by atoms with Crippen LogP contribution in [0.5, 0.6) is 0 Å². The standard InChI is InChI=1S/C6H9N2O2/c1-3-9-7-5(1)6-2-4-10-8-6/h5H,1-4H2. The van der Waals surface area contributed by atoms with Gasteiger partial charge in [-0.25, -0.2) is 0 Å². The molecule has 1 unspecified atom stereocenters. The Bertz CT molecular complexity index is 152. The van der Waals surface area contributed by atoms with Crippen LogP contribution in [0, 0.1) is 0 Å². The molecular formula is C6H9N2O2. The Morgan fingerprint density at radius 3 is 2.90 bits per heavy atom. The van der Waals surface area contributed by atoms with E-state index in [4.69, 9.17) is 9.68 Å². The molecular weight excluding hydrogens is 132 g/mol. The number of rotatable bonds is 1. The Morgan fingerprint density at radius 1 is 1.30 bits per heavy atom. The van der Waals surface area contributed by atoms with Crippen molar-refractivity contribution in [1.29, 1.82) is 0 Å². The topological polar surface area (TPSA) is 44.9 Å². The van der Waals surface area contributed by atoms with Crippen LogP contribution in [0.4, 0.5) is 0 Å². The lowest BCUT2D eigenvalue weighted by atomic mass is 10.1. The van der Waals surface area contributed by atoms with Gasteiger partial charge < -0.3 is 4.84 Å². The third kappa shape index (κ3) is 0.998. The van der Waals surface area contributed by atoms with Crippen LogP contribution in [-0.4, -0.2) is 25.0 Å². The van der Waals surface area contributed by atoms with Gasteiger partial charge in [0.25, 0.3) is 0 Å². The van der Waals surface area contributed by atoms with Gasteiger partial charge in [-0.2, -0.15) is 0 Å². The first kappa shape index (κ1) is 6.12. The van der Waals surface area contributed by atoms with Gasteiger partial charge in [-0.1, -0.05) is 10.6 Å². The molecule has 0 N–H and O–H groups in total. The normalized spacial score (nSPS) is 32.0. The molecule has 0 aliphatic carbocycles. The Morgan fingerprint density at radius 2 is 2.30 bits per heavy atom. The number of hydrogen-bond donors (Lipinski definition) is 0. The van der Waals surface area contributed by atoms with Crippen molar-refractivity contribution in [3.63, 3.8) is 0 Å². The van der Waals surface area contributed by atoms with Gasteiger partial charge >= 0.3 is 0 Å². The van der Waals surface area contributed by atoms with E-state index in [0.29, 0.717) is 6.61 Å². The summed E-state index contributed by atoms with van der Waals surface area (Å²) in [6, 6.07) is 0.183. The van der Waals surface area contributed by atoms with Crippen molar-refractivity contribution in [3.8, 4) is 0 Å². The fraction of sp³-hybridized carbons (Fsp3) is 0.833. The molecule has 0 spiro atoms. The van der Waals surface area contributed by atoms with Crippen molar-refractivity contribution < 1.29 is 9.68 Å². The molecule has 10 heavy (non-hydrogen) atoms. The van der Waals surface area contributed by atoms with E-state index in [9.17, 15) is 0 Å². The molecule has 1 saturated heterocycles. The van der Waals surface area contributed by atoms with Gasteiger partial charge in [-0.05, 0) is 6.42 Å². The second kappa shape index (κ2) is 2.56. The largest absolute Gasteiger partial charge is 0.395 e. The maximum Gasteiger partial charge on any atom is 0.122 e. The van der Waals surface area contributed by atoms with E-state index in [2.05, 4.69) is 10.6 Å². The highest BCUT2D eigenvalue weighted by Crippen LogP contribution is 2.12. The van der Waals surface area contributed by atoms with Crippen molar-refractivity contribution in [3.05, 3.63) is 0 Å². The number of hydrogen-bond acceptors (Lipinski definition) is 3. The van der Waals surface area contributed by atoms with Gasteiger partial charge in [0.15, 0.2) is 0 Å². The van der Waals surface area contributed by atoms with Crippen LogP contribution in [0.2, 0.25) is 0 Å². The smallest absolute Gasteiger partial charge is 0.122 e. The molecule has 2 rings (SSSR count). The summed E-state index contributed by atoms with van der Waals surface area (Å²) in [5, 5.41) is 3.86. The van der Waals surface area contributed by atoms with Crippen molar-refractivity contribution >= 4 is 5.71 Å². The number of oxime groups is 1. The summed E-state index contributed by atoms with van der Waals surface area (Å²) in [5.74, 6) is 0. The van der Waals surface area contributed by atoms with Gasteiger partial charge in [0.05, 0.1) is 18.4 Å². The Labute approximate surface area is 59.1 Å². The van der Waals surface area contributed by atoms with Crippen LogP contribution in [0.15, 0.2) is 5.16 Å². The third-order valence-electron chi connectivity index (χ3n) is 1.70. The Kier molecular flexibility index (Phi) is 1.56. The highest BCUT2D eigenvalue weighted by Gasteiger charge is 2.25. The molecule has 4 heteroatoms. The summed E-state index contributed by atoms with van der Waals surface area (Å²) in [6.45, 7) is 1.44. The fourth-order valence-electron chi connectivity index (χ4n) is 1.14. The minimum Gasteiger partial charge on any atom is -0.395 e. The Hall–Kier alpha value is -0.610. The first-order chi connectivity index (χ1) is 4.97. The zero-order valence-corrected chi connectivity index (χ0v) is 5.62. The zero-order valence-electron chi connectivity index (χ0n) is 5.62. The SMILES string of the molecule is C1CC(C2=NOCC2)[N]O1. The molecule has 0 saturated carbocycles. The summed E-state index contributed by atoms with van der Waals surface area (Å²) < 4.78 is 0. The maximum absolute atomic E-state index is 4.86. The van der Waals surface area contributed by atoms with Crippen LogP contribution < -0.4 is 5.48 Å². The van der Waals surface area contributed by atoms with Crippen LogP contribution in [0.1, 0.15) is 12.8 Å². The van der Waals surface area contributed by atoms with E-state index in [1.807, 2.05) is 0 Å². The third-order valence-corrected chi connectivity index (χ3v) is 1.70. The van der Waals surface area contributed by atoms with Crippen LogP contribution >= 0.6 is 0 Å². The first-order valence-corrected chi connectivity index (χ1v) is 3.47. The lowest BCUT2D eigenvalue weighted by molar-refractivity contribution is 0.0876. The summed E-state index contributed by atoms with van der Waals surface area (Å²) in [4.78, 5) is 9.70. The summed E-state index contributed by atoms with van der Waals surface area (Å²) >= 11 is 0. The predicted molar refractivity (Wildman–Crippen MR) is 34.5 cm³/mol. The van der Waals surface area contributed by atoms with Crippen molar-refractivity contribution in [2.24, 2.45) is 5.16 Å². The van der Waals surface area contributed by atoms with Crippen LogP contribution in [0.3, 0.4) is 0 Å². The highest BCUT2D eigenvalue weighted by molar-refractivity contribution is 5.90. The number of hydroxylamine groups is 1. The van der Waals surface area contributed by atoms with Gasteiger partial charge in [-0.15, -0.1) is 0 Å². The quantitative estimate of drug-likeness (QED) is 0.518. The molecule has 2 aliphatic rings. The van der Waals surface area contributed by atoms with Crippen LogP contribution in [0.25, 0.3) is 0 Å². The second-order valence-corrected chi connectivity index (χ2v) is 2.41. The molecule has 0 aromatic heterocycles. The minimum absolute atomic E-state index is 0.183. The molecule has 0 amide bonds. The van der Waals surface area contributed by atoms with Gasteiger partial charge in [-0.3, -0.25) is 4.84 Å². The first-order valence-electron chi connectivity index (χ1n) is 3.47. The van der Waals surface area contributed by atoms with E-state index >= 15 is 0 Å². The molecule has 2 aliphatic heterocycles. The molecule has 2 heterocycles. The van der Waals surface area contributed by atoms with Gasteiger partial charge in [0, 0.05) is 6.42 Å². The molecule has 55 valence electrons. The second-order valence-electron chi connectivity index (χ2n) is 2.41. The van der Waals surface area contributed by atoms with Gasteiger partial charge in [0.1, 0.15) is 6.61 Å². The molecule has 0 bridgehead atoms. The molecule has 1 atom stereocenters. The van der Waals surface area contributed by atoms with E-state index in [0.717, 1.165) is 25.2 Å². The molecule has 4 nitrogen and oxygen atoms in total. The van der Waals surface area contributed by atoms with Crippen molar-refractivity contribution in [2.45, 2.75) is 18.9 Å². The molecule has 1 fully saturated rings. The van der Waals surface area contributed by atoms with Gasteiger partial charge in [0.2, 0.25) is 0 Å². The monoisotopic (exact) mass is 141 g/mol. The maximum atomic E-state index is 4.86. The summed E-state index contributed by atoms with van der Waals surface area (Å²) in [5.41, 5.74) is 4.95. The van der Waals surface area contributed by atoms with Crippen molar-refractivity contribution in [2.75, 3.05) is 13.2 Å². The number of nitrogens with zero attached hydrogens (tertiary/aromatic N) is 2. The highest BCUT2D eigenvalue weighted by atomic mass is 16.7. The Balaban J connectivity index is 1.97. The van der Waals surface area contributed by atoms with E-state index in [1.165, 1.54) is 0 Å². The molecule has 0 aromatic rings. The lowest BCUT2D eigenvalue weighted by Crippen LogP contribution is -2.23. The minimum atomic E-state index is 0.183.